The average molecular weight is 353 g/mol. The minimum atomic E-state index is -1.82. The third-order valence-corrected chi connectivity index (χ3v) is 2.73. The van der Waals surface area contributed by atoms with Crippen LogP contribution < -0.4 is 5.48 Å². The van der Waals surface area contributed by atoms with Crippen LogP contribution in [0.2, 0.25) is 0 Å². The Morgan fingerprint density at radius 2 is 1.71 bits per heavy atom. The van der Waals surface area contributed by atoms with Gasteiger partial charge in [-0.05, 0) is 41.1 Å². The summed E-state index contributed by atoms with van der Waals surface area (Å²) in [6.45, 7) is 1.91. The smallest absolute Gasteiger partial charge is 0.414 e. The molecule has 0 saturated heterocycles. The Morgan fingerprint density at radius 1 is 1.24 bits per heavy atom. The van der Waals surface area contributed by atoms with Gasteiger partial charge < -0.3 is 15.4 Å². The highest BCUT2D eigenvalue weighted by atomic mass is 127. The highest BCUT2D eigenvalue weighted by Gasteiger charge is 2.05. The van der Waals surface area contributed by atoms with Gasteiger partial charge in [-0.2, -0.15) is 5.48 Å². The van der Waals surface area contributed by atoms with Crippen molar-refractivity contribution in [2.45, 2.75) is 13.0 Å². The number of carboxylic acid groups (broad SMARTS) is 2. The largest absolute Gasteiger partial charge is 0.473 e. The second-order valence-corrected chi connectivity index (χ2v) is 4.14. The third-order valence-electron chi connectivity index (χ3n) is 1.75. The van der Waals surface area contributed by atoms with Crippen LogP contribution in [0.5, 0.6) is 0 Å². The quantitative estimate of drug-likeness (QED) is 0.365. The van der Waals surface area contributed by atoms with Gasteiger partial charge in [-0.25, -0.2) is 9.59 Å². The van der Waals surface area contributed by atoms with Gasteiger partial charge in [-0.15, -0.1) is 0 Å². The van der Waals surface area contributed by atoms with Crippen molar-refractivity contribution < 1.29 is 25.0 Å². The molecule has 1 atom stereocenters. The highest BCUT2D eigenvalue weighted by Crippen LogP contribution is 2.18. The van der Waals surface area contributed by atoms with Gasteiger partial charge >= 0.3 is 11.9 Å². The fraction of sp³-hybridized carbons (Fsp3) is 0.200. The highest BCUT2D eigenvalue weighted by molar-refractivity contribution is 14.1. The molecule has 7 heteroatoms. The summed E-state index contributed by atoms with van der Waals surface area (Å²) in [6.07, 6.45) is 0. The topological polar surface area (TPSA) is 107 Å². The molecule has 17 heavy (non-hydrogen) atoms. The summed E-state index contributed by atoms with van der Waals surface area (Å²) < 4.78 is 1.17. The molecule has 0 radical (unpaired) electrons. The first-order valence-corrected chi connectivity index (χ1v) is 5.58. The molecule has 1 aromatic carbocycles. The molecule has 0 saturated carbocycles. The molecule has 1 unspecified atom stereocenters. The minimum Gasteiger partial charge on any atom is -0.473 e. The second kappa shape index (κ2) is 7.98. The van der Waals surface area contributed by atoms with Gasteiger partial charge in [0.2, 0.25) is 0 Å². The van der Waals surface area contributed by atoms with E-state index in [1.54, 1.807) is 0 Å². The van der Waals surface area contributed by atoms with Crippen LogP contribution in [0.3, 0.4) is 0 Å². The van der Waals surface area contributed by atoms with E-state index in [1.165, 1.54) is 3.57 Å². The monoisotopic (exact) mass is 353 g/mol. The van der Waals surface area contributed by atoms with Crippen molar-refractivity contribution in [2.24, 2.45) is 0 Å². The molecule has 0 aliphatic heterocycles. The number of halogens is 1. The molecule has 0 aliphatic rings. The molecule has 0 spiro atoms. The molecule has 1 aromatic rings. The van der Waals surface area contributed by atoms with Gasteiger partial charge in [-0.1, -0.05) is 18.2 Å². The summed E-state index contributed by atoms with van der Waals surface area (Å²) in [7, 11) is 0. The second-order valence-electron chi connectivity index (χ2n) is 2.98. The van der Waals surface area contributed by atoms with Crippen LogP contribution in [0.25, 0.3) is 0 Å². The molecule has 0 aliphatic carbocycles. The van der Waals surface area contributed by atoms with E-state index in [-0.39, 0.29) is 6.04 Å². The number of carbonyl (C=O) groups is 2. The van der Waals surface area contributed by atoms with E-state index in [1.807, 2.05) is 31.2 Å². The van der Waals surface area contributed by atoms with Crippen molar-refractivity contribution >= 4 is 34.5 Å². The number of hydrogen-bond donors (Lipinski definition) is 4. The Kier molecular flexibility index (Phi) is 7.42. The number of rotatable bonds is 2. The van der Waals surface area contributed by atoms with Crippen molar-refractivity contribution in [2.75, 3.05) is 0 Å². The fourth-order valence-electron chi connectivity index (χ4n) is 0.896. The van der Waals surface area contributed by atoms with Crippen LogP contribution in [0, 0.1) is 3.57 Å². The summed E-state index contributed by atoms with van der Waals surface area (Å²) in [5.41, 5.74) is 3.34. The molecule has 0 amide bonds. The van der Waals surface area contributed by atoms with Crippen molar-refractivity contribution in [3.63, 3.8) is 0 Å². The summed E-state index contributed by atoms with van der Waals surface area (Å²) in [4.78, 5) is 18.2. The Bertz CT molecular complexity index is 384. The molecule has 6 nitrogen and oxygen atoms in total. The lowest BCUT2D eigenvalue weighted by molar-refractivity contribution is -0.159. The van der Waals surface area contributed by atoms with Gasteiger partial charge in [0.15, 0.2) is 0 Å². The Hall–Kier alpha value is -1.19. The number of aliphatic carboxylic acids is 2. The maximum absolute atomic E-state index is 9.10. The Balaban J connectivity index is 0.000000366. The maximum atomic E-state index is 9.10. The number of carboxylic acids is 2. The summed E-state index contributed by atoms with van der Waals surface area (Å²) in [5.74, 6) is -3.65. The molecule has 0 aromatic heterocycles. The average Bonchev–Trinajstić information content (AvgIpc) is 2.29. The zero-order valence-electron chi connectivity index (χ0n) is 8.92. The number of nitrogens with one attached hydrogen (secondary N) is 1. The Morgan fingerprint density at radius 3 is 2.06 bits per heavy atom. The SMILES string of the molecule is CC(NO)c1ccccc1I.O=C(O)C(=O)O. The zero-order chi connectivity index (χ0) is 13.4. The van der Waals surface area contributed by atoms with Crippen molar-refractivity contribution in [3.8, 4) is 0 Å². The van der Waals surface area contributed by atoms with Crippen LogP contribution in [-0.2, 0) is 9.59 Å². The van der Waals surface area contributed by atoms with Gasteiger partial charge in [0.05, 0.1) is 6.04 Å². The van der Waals surface area contributed by atoms with E-state index < -0.39 is 11.9 Å². The van der Waals surface area contributed by atoms with Gasteiger partial charge in [-0.3, -0.25) is 0 Å². The first kappa shape index (κ1) is 15.8. The molecule has 0 heterocycles. The van der Waals surface area contributed by atoms with Crippen LogP contribution in [0.1, 0.15) is 18.5 Å². The predicted molar refractivity (Wildman–Crippen MR) is 67.8 cm³/mol. The van der Waals surface area contributed by atoms with E-state index in [2.05, 4.69) is 28.1 Å². The normalized spacial score (nSPS) is 11.0. The summed E-state index contributed by atoms with van der Waals surface area (Å²) in [5, 5.41) is 23.4. The van der Waals surface area contributed by atoms with E-state index in [9.17, 15) is 0 Å². The van der Waals surface area contributed by atoms with E-state index in [4.69, 9.17) is 25.0 Å². The lowest BCUT2D eigenvalue weighted by Gasteiger charge is -2.10. The van der Waals surface area contributed by atoms with Crippen LogP contribution in [0.15, 0.2) is 24.3 Å². The van der Waals surface area contributed by atoms with Crippen molar-refractivity contribution in [1.29, 1.82) is 0 Å². The first-order valence-electron chi connectivity index (χ1n) is 4.50. The van der Waals surface area contributed by atoms with Gasteiger partial charge in [0.25, 0.3) is 0 Å². The number of benzene rings is 1. The molecule has 94 valence electrons. The number of hydrogen-bond acceptors (Lipinski definition) is 4. The lowest BCUT2D eigenvalue weighted by Crippen LogP contribution is -2.14. The summed E-state index contributed by atoms with van der Waals surface area (Å²) >= 11 is 2.25. The minimum absolute atomic E-state index is 0.00287. The predicted octanol–water partition coefficient (Wildman–Crippen LogP) is 1.49. The third kappa shape index (κ3) is 6.19. The zero-order valence-corrected chi connectivity index (χ0v) is 11.1. The molecule has 0 fully saturated rings. The van der Waals surface area contributed by atoms with Crippen molar-refractivity contribution in [1.82, 2.24) is 5.48 Å². The fourth-order valence-corrected chi connectivity index (χ4v) is 1.75. The molecule has 4 N–H and O–H groups in total. The molecular formula is C10H12INO5. The molecule has 0 bridgehead atoms. The standard InChI is InChI=1S/C8H10INO.C2H2O4/c1-6(10-11)7-4-2-3-5-8(7)9;3-1(4)2(5)6/h2-6,10-11H,1H3;(H,3,4)(H,5,6). The van der Waals surface area contributed by atoms with Gasteiger partial charge in [0, 0.05) is 3.57 Å². The molecular weight excluding hydrogens is 341 g/mol. The maximum Gasteiger partial charge on any atom is 0.414 e. The van der Waals surface area contributed by atoms with E-state index in [0.717, 1.165) is 5.56 Å². The van der Waals surface area contributed by atoms with E-state index in [0.29, 0.717) is 0 Å². The van der Waals surface area contributed by atoms with Crippen LogP contribution in [-0.4, -0.2) is 27.4 Å². The van der Waals surface area contributed by atoms with Crippen molar-refractivity contribution in [3.05, 3.63) is 33.4 Å². The van der Waals surface area contributed by atoms with Crippen LogP contribution in [0.4, 0.5) is 0 Å². The van der Waals surface area contributed by atoms with E-state index >= 15 is 0 Å². The van der Waals surface area contributed by atoms with Crippen LogP contribution >= 0.6 is 22.6 Å². The Labute approximate surface area is 111 Å². The summed E-state index contributed by atoms with van der Waals surface area (Å²) in [6, 6.07) is 7.96. The molecule has 1 rings (SSSR count). The number of hydroxylamine groups is 1. The van der Waals surface area contributed by atoms with Gasteiger partial charge in [0.1, 0.15) is 0 Å². The first-order chi connectivity index (χ1) is 7.90. The lowest BCUT2D eigenvalue weighted by atomic mass is 10.1.